The second-order valence-electron chi connectivity index (χ2n) is 7.63. The molecule has 0 saturated carbocycles. The molecule has 166 valence electrons. The maximum absolute atomic E-state index is 14.1. The molecule has 0 aliphatic carbocycles. The normalized spacial score (nSPS) is 15.7. The summed E-state index contributed by atoms with van der Waals surface area (Å²) < 4.78 is 29.3. The van der Waals surface area contributed by atoms with Crippen molar-refractivity contribution < 1.29 is 18.5 Å². The predicted octanol–water partition coefficient (Wildman–Crippen LogP) is 3.77. The minimum absolute atomic E-state index is 0.0342. The van der Waals surface area contributed by atoms with Crippen LogP contribution in [-0.2, 0) is 13.5 Å². The van der Waals surface area contributed by atoms with Gasteiger partial charge in [0.15, 0.2) is 0 Å². The highest BCUT2D eigenvalue weighted by atomic mass is 19.1. The summed E-state index contributed by atoms with van der Waals surface area (Å²) in [4.78, 5) is 33.5. The molecule has 4 rings (SSSR count). The Balaban J connectivity index is 1.51. The third-order valence-corrected chi connectivity index (χ3v) is 5.47. The Morgan fingerprint density at radius 2 is 2.12 bits per heavy atom. The van der Waals surface area contributed by atoms with Crippen LogP contribution in [-0.4, -0.2) is 43.5 Å². The fraction of sp³-hybridized carbons (Fsp3) is 0.286. The second-order valence-corrected chi connectivity index (χ2v) is 7.63. The summed E-state index contributed by atoms with van der Waals surface area (Å²) in [5.41, 5.74) is -0.418. The topological polar surface area (TPSA) is 106 Å². The number of aromatic nitrogens is 3. The van der Waals surface area contributed by atoms with Crippen molar-refractivity contribution >= 4 is 17.5 Å². The molecule has 1 aliphatic rings. The van der Waals surface area contributed by atoms with Gasteiger partial charge in [0.2, 0.25) is 5.82 Å². The molecule has 1 saturated heterocycles. The Bertz CT molecular complexity index is 1180. The predicted molar refractivity (Wildman–Crippen MR) is 112 cm³/mol. The quantitative estimate of drug-likeness (QED) is 0.478. The first kappa shape index (κ1) is 21.3. The van der Waals surface area contributed by atoms with E-state index in [0.29, 0.717) is 25.6 Å². The number of carbonyl (C=O) groups is 1. The summed E-state index contributed by atoms with van der Waals surface area (Å²) in [7, 11) is 1.91. The maximum atomic E-state index is 14.1. The van der Waals surface area contributed by atoms with Crippen LogP contribution in [0.5, 0.6) is 0 Å². The minimum atomic E-state index is -0.861. The van der Waals surface area contributed by atoms with Gasteiger partial charge in [0.05, 0.1) is 10.6 Å². The average Bonchev–Trinajstić information content (AvgIpc) is 3.37. The number of halogens is 2. The first-order valence-corrected chi connectivity index (χ1v) is 9.95. The molecule has 1 unspecified atom stereocenters. The lowest BCUT2D eigenvalue weighted by molar-refractivity contribution is -0.384. The number of aryl methyl sites for hydroxylation is 1. The Morgan fingerprint density at radius 3 is 2.81 bits per heavy atom. The summed E-state index contributed by atoms with van der Waals surface area (Å²) in [6.45, 7) is 0.958. The lowest BCUT2D eigenvalue weighted by atomic mass is 10.0. The van der Waals surface area contributed by atoms with Gasteiger partial charge in [-0.05, 0) is 30.5 Å². The lowest BCUT2D eigenvalue weighted by Crippen LogP contribution is -2.33. The number of urea groups is 1. The molecule has 1 aromatic carbocycles. The summed E-state index contributed by atoms with van der Waals surface area (Å²) in [6.07, 6.45) is 5.06. The van der Waals surface area contributed by atoms with E-state index in [1.165, 1.54) is 12.1 Å². The Morgan fingerprint density at radius 1 is 1.31 bits per heavy atom. The SMILES string of the molecule is Cn1ccnc1CC1CCN(C(=O)Nc2nc(-c3ccc(F)cc3F)ccc2[N+](=O)[O-])C1. The molecule has 9 nitrogen and oxygen atoms in total. The molecular formula is C21H20F2N6O3. The lowest BCUT2D eigenvalue weighted by Gasteiger charge is -2.17. The Hall–Kier alpha value is -3.89. The highest BCUT2D eigenvalue weighted by Crippen LogP contribution is 2.29. The average molecular weight is 442 g/mol. The number of imidazole rings is 1. The van der Waals surface area contributed by atoms with E-state index in [1.54, 1.807) is 11.1 Å². The molecule has 3 heterocycles. The summed E-state index contributed by atoms with van der Waals surface area (Å²) >= 11 is 0. The molecule has 0 bridgehead atoms. The van der Waals surface area contributed by atoms with Crippen molar-refractivity contribution in [3.63, 3.8) is 0 Å². The van der Waals surface area contributed by atoms with Gasteiger partial charge in [-0.1, -0.05) is 0 Å². The van der Waals surface area contributed by atoms with Crippen LogP contribution in [0.15, 0.2) is 42.7 Å². The summed E-state index contributed by atoms with van der Waals surface area (Å²) in [5.74, 6) is -0.780. The zero-order valence-corrected chi connectivity index (χ0v) is 17.2. The Kier molecular flexibility index (Phi) is 5.80. The summed E-state index contributed by atoms with van der Waals surface area (Å²) in [6, 6.07) is 4.80. The molecule has 2 amide bonds. The van der Waals surface area contributed by atoms with E-state index in [2.05, 4.69) is 15.3 Å². The van der Waals surface area contributed by atoms with Gasteiger partial charge in [-0.25, -0.2) is 23.5 Å². The number of hydrogen-bond acceptors (Lipinski definition) is 5. The summed E-state index contributed by atoms with van der Waals surface area (Å²) in [5, 5.41) is 13.9. The van der Waals surface area contributed by atoms with Crippen molar-refractivity contribution in [2.75, 3.05) is 18.4 Å². The molecule has 11 heteroatoms. The van der Waals surface area contributed by atoms with Gasteiger partial charge in [-0.15, -0.1) is 0 Å². The molecule has 1 N–H and O–H groups in total. The monoisotopic (exact) mass is 442 g/mol. The van der Waals surface area contributed by atoms with E-state index in [4.69, 9.17) is 0 Å². The number of nitrogens with one attached hydrogen (secondary N) is 1. The molecule has 1 aliphatic heterocycles. The van der Waals surface area contributed by atoms with Crippen molar-refractivity contribution in [2.24, 2.45) is 13.0 Å². The van der Waals surface area contributed by atoms with Crippen molar-refractivity contribution in [1.29, 1.82) is 0 Å². The number of amides is 2. The molecule has 32 heavy (non-hydrogen) atoms. The molecule has 2 aromatic heterocycles. The third-order valence-electron chi connectivity index (χ3n) is 5.47. The zero-order valence-electron chi connectivity index (χ0n) is 17.2. The smallest absolute Gasteiger partial charge is 0.323 e. The number of nitrogens with zero attached hydrogens (tertiary/aromatic N) is 5. The van der Waals surface area contributed by atoms with Gasteiger partial charge in [-0.3, -0.25) is 15.4 Å². The van der Waals surface area contributed by atoms with E-state index in [0.717, 1.165) is 24.4 Å². The molecule has 0 spiro atoms. The van der Waals surface area contributed by atoms with Gasteiger partial charge in [0, 0.05) is 56.6 Å². The van der Waals surface area contributed by atoms with Crippen molar-refractivity contribution in [3.05, 3.63) is 70.3 Å². The van der Waals surface area contributed by atoms with Crippen LogP contribution < -0.4 is 5.32 Å². The van der Waals surface area contributed by atoms with E-state index < -0.39 is 28.3 Å². The largest absolute Gasteiger partial charge is 0.338 e. The van der Waals surface area contributed by atoms with Crippen LogP contribution in [0.2, 0.25) is 0 Å². The minimum Gasteiger partial charge on any atom is -0.338 e. The van der Waals surface area contributed by atoms with E-state index >= 15 is 0 Å². The number of benzene rings is 1. The van der Waals surface area contributed by atoms with Gasteiger partial charge in [0.25, 0.3) is 0 Å². The van der Waals surface area contributed by atoms with Crippen LogP contribution in [0.3, 0.4) is 0 Å². The number of nitro groups is 1. The standard InChI is InChI=1S/C21H20F2N6O3/c1-27-9-7-24-19(27)10-13-6-8-28(12-13)21(30)26-20-18(29(31)32)5-4-17(25-20)15-3-2-14(22)11-16(15)23/h2-5,7,9,11,13H,6,8,10,12H2,1H3,(H,25,26,30). The fourth-order valence-corrected chi connectivity index (χ4v) is 3.75. The first-order valence-electron chi connectivity index (χ1n) is 9.95. The second kappa shape index (κ2) is 8.69. The van der Waals surface area contributed by atoms with Crippen LogP contribution >= 0.6 is 0 Å². The number of pyridine rings is 1. The van der Waals surface area contributed by atoms with Gasteiger partial charge >= 0.3 is 11.7 Å². The Labute approximate surface area is 181 Å². The van der Waals surface area contributed by atoms with Crippen LogP contribution in [0.1, 0.15) is 12.2 Å². The first-order chi connectivity index (χ1) is 15.3. The maximum Gasteiger partial charge on any atom is 0.323 e. The van der Waals surface area contributed by atoms with E-state index in [-0.39, 0.29) is 23.0 Å². The van der Waals surface area contributed by atoms with Gasteiger partial charge in [-0.2, -0.15) is 0 Å². The van der Waals surface area contributed by atoms with Gasteiger partial charge in [0.1, 0.15) is 17.5 Å². The van der Waals surface area contributed by atoms with Crippen LogP contribution in [0.25, 0.3) is 11.3 Å². The molecule has 3 aromatic rings. The molecule has 0 radical (unpaired) electrons. The highest BCUT2D eigenvalue weighted by Gasteiger charge is 2.29. The number of likely N-dealkylation sites (tertiary alicyclic amines) is 1. The number of carbonyl (C=O) groups excluding carboxylic acids is 1. The number of rotatable bonds is 5. The fourth-order valence-electron chi connectivity index (χ4n) is 3.75. The van der Waals surface area contributed by atoms with Crippen LogP contribution in [0, 0.1) is 27.7 Å². The van der Waals surface area contributed by atoms with Gasteiger partial charge < -0.3 is 9.47 Å². The number of hydrogen-bond donors (Lipinski definition) is 1. The van der Waals surface area contributed by atoms with Crippen LogP contribution in [0.4, 0.5) is 25.1 Å². The molecule has 1 atom stereocenters. The van der Waals surface area contributed by atoms with Crippen molar-refractivity contribution in [2.45, 2.75) is 12.8 Å². The van der Waals surface area contributed by atoms with E-state index in [9.17, 15) is 23.7 Å². The van der Waals surface area contributed by atoms with Crippen molar-refractivity contribution in [3.8, 4) is 11.3 Å². The highest BCUT2D eigenvalue weighted by molar-refractivity contribution is 5.91. The third kappa shape index (κ3) is 4.41. The zero-order chi connectivity index (χ0) is 22.8. The number of anilines is 1. The van der Waals surface area contributed by atoms with E-state index in [1.807, 2.05) is 17.8 Å². The molecule has 1 fully saturated rings. The van der Waals surface area contributed by atoms with Crippen molar-refractivity contribution in [1.82, 2.24) is 19.4 Å². The molecular weight excluding hydrogens is 422 g/mol.